The smallest absolute Gasteiger partial charge is 0.410 e. The number of carbonyl (C=O) groups excluding carboxylic acids is 4. The summed E-state index contributed by atoms with van der Waals surface area (Å²) in [6.07, 6.45) is 1.59. The highest BCUT2D eigenvalue weighted by Crippen LogP contribution is 2.22. The first-order valence-electron chi connectivity index (χ1n) is 8.87. The molecule has 8 nitrogen and oxygen atoms in total. The lowest BCUT2D eigenvalue weighted by molar-refractivity contribution is -0.126. The van der Waals surface area contributed by atoms with Crippen LogP contribution in [0.2, 0.25) is 0 Å². The molecule has 2 rings (SSSR count). The fraction of sp³-hybridized carbons (Fsp3) is 0.765. The minimum atomic E-state index is -0.509. The number of carbonyl (C=O) groups is 4. The number of hydrogen-bond acceptors (Lipinski definition) is 6. The second-order valence-electron chi connectivity index (χ2n) is 7.56. The second-order valence-corrected chi connectivity index (χ2v) is 8.49. The Balaban J connectivity index is 1.64. The summed E-state index contributed by atoms with van der Waals surface area (Å²) in [6.45, 7) is 7.17. The van der Waals surface area contributed by atoms with Gasteiger partial charge in [-0.15, -0.1) is 0 Å². The first kappa shape index (κ1) is 20.5. The number of ether oxygens (including phenoxy) is 1. The first-order chi connectivity index (χ1) is 12.2. The van der Waals surface area contributed by atoms with E-state index in [1.165, 1.54) is 4.90 Å². The standard InChI is InChI=1S/C17H27N3O5S/c1-17(2,3)25-15(23)19-7-4-12(5-8-19)10-13(21)18-6-9-20-14(22)11-26-16(20)24/h12H,4-11H2,1-3H3,(H,18,21). The van der Waals surface area contributed by atoms with Crippen LogP contribution < -0.4 is 5.32 Å². The highest BCUT2D eigenvalue weighted by Gasteiger charge is 2.30. The Labute approximate surface area is 158 Å². The van der Waals surface area contributed by atoms with E-state index in [1.807, 2.05) is 20.8 Å². The Morgan fingerprint density at radius 1 is 1.23 bits per heavy atom. The maximum absolute atomic E-state index is 12.0. The van der Waals surface area contributed by atoms with Crippen LogP contribution in [0.15, 0.2) is 0 Å². The number of piperidine rings is 1. The van der Waals surface area contributed by atoms with Crippen LogP contribution in [0.3, 0.4) is 0 Å². The molecular formula is C17H27N3O5S. The molecule has 2 aliphatic rings. The summed E-state index contributed by atoms with van der Waals surface area (Å²) in [6, 6.07) is 0. The summed E-state index contributed by atoms with van der Waals surface area (Å²) in [5.74, 6) is 0.110. The number of imide groups is 1. The molecule has 0 unspecified atom stereocenters. The zero-order valence-corrected chi connectivity index (χ0v) is 16.4. The van der Waals surface area contributed by atoms with E-state index in [1.54, 1.807) is 4.90 Å². The van der Waals surface area contributed by atoms with Gasteiger partial charge in [-0.2, -0.15) is 0 Å². The van der Waals surface area contributed by atoms with Crippen molar-refractivity contribution in [2.75, 3.05) is 31.9 Å². The molecule has 1 N–H and O–H groups in total. The maximum Gasteiger partial charge on any atom is 0.410 e. The van der Waals surface area contributed by atoms with Crippen LogP contribution in [0.25, 0.3) is 0 Å². The average Bonchev–Trinajstić information content (AvgIpc) is 2.86. The van der Waals surface area contributed by atoms with Crippen LogP contribution in [0.1, 0.15) is 40.0 Å². The summed E-state index contributed by atoms with van der Waals surface area (Å²) in [7, 11) is 0. The fourth-order valence-electron chi connectivity index (χ4n) is 2.88. The predicted octanol–water partition coefficient (Wildman–Crippen LogP) is 1.84. The minimum Gasteiger partial charge on any atom is -0.444 e. The SMILES string of the molecule is CC(C)(C)OC(=O)N1CCC(CC(=O)NCCN2C(=O)CSC2=O)CC1. The minimum absolute atomic E-state index is 0.0903. The molecule has 26 heavy (non-hydrogen) atoms. The molecular weight excluding hydrogens is 358 g/mol. The van der Waals surface area contributed by atoms with E-state index < -0.39 is 5.60 Å². The molecule has 0 radical (unpaired) electrons. The van der Waals surface area contributed by atoms with Gasteiger partial charge in [0.15, 0.2) is 0 Å². The molecule has 0 saturated carbocycles. The van der Waals surface area contributed by atoms with Crippen molar-refractivity contribution >= 4 is 34.9 Å². The molecule has 0 atom stereocenters. The highest BCUT2D eigenvalue weighted by molar-refractivity contribution is 8.14. The van der Waals surface area contributed by atoms with E-state index in [0.29, 0.717) is 19.5 Å². The molecule has 0 aliphatic carbocycles. The van der Waals surface area contributed by atoms with E-state index in [9.17, 15) is 19.2 Å². The topological polar surface area (TPSA) is 96.0 Å². The summed E-state index contributed by atoms with van der Waals surface area (Å²) in [5, 5.41) is 2.51. The lowest BCUT2D eigenvalue weighted by atomic mass is 9.93. The third-order valence-corrected chi connectivity index (χ3v) is 5.10. The van der Waals surface area contributed by atoms with Gasteiger partial charge in [-0.1, -0.05) is 11.8 Å². The van der Waals surface area contributed by atoms with E-state index in [2.05, 4.69) is 5.32 Å². The third-order valence-electron chi connectivity index (χ3n) is 4.24. The molecule has 0 spiro atoms. The lowest BCUT2D eigenvalue weighted by Gasteiger charge is -2.33. The molecule has 9 heteroatoms. The van der Waals surface area contributed by atoms with Gasteiger partial charge in [-0.3, -0.25) is 19.3 Å². The van der Waals surface area contributed by atoms with Crippen LogP contribution in [0.5, 0.6) is 0 Å². The van der Waals surface area contributed by atoms with Crippen molar-refractivity contribution in [1.82, 2.24) is 15.1 Å². The van der Waals surface area contributed by atoms with Crippen LogP contribution in [-0.2, 0) is 14.3 Å². The van der Waals surface area contributed by atoms with E-state index in [0.717, 1.165) is 24.6 Å². The van der Waals surface area contributed by atoms with Crippen molar-refractivity contribution < 1.29 is 23.9 Å². The number of nitrogens with zero attached hydrogens (tertiary/aromatic N) is 2. The Morgan fingerprint density at radius 2 is 1.88 bits per heavy atom. The summed E-state index contributed by atoms with van der Waals surface area (Å²) >= 11 is 0.989. The molecule has 0 aromatic carbocycles. The Kier molecular flexibility index (Phi) is 6.91. The normalized spacial score (nSPS) is 19.0. The van der Waals surface area contributed by atoms with Gasteiger partial charge in [-0.05, 0) is 39.5 Å². The van der Waals surface area contributed by atoms with Crippen molar-refractivity contribution in [3.05, 3.63) is 0 Å². The zero-order valence-electron chi connectivity index (χ0n) is 15.6. The zero-order chi connectivity index (χ0) is 19.3. The molecule has 0 aromatic heterocycles. The van der Waals surface area contributed by atoms with E-state index in [-0.39, 0.29) is 47.9 Å². The van der Waals surface area contributed by atoms with Crippen LogP contribution in [-0.4, -0.2) is 70.5 Å². The molecule has 146 valence electrons. The largest absolute Gasteiger partial charge is 0.444 e. The number of thioether (sulfide) groups is 1. The van der Waals surface area contributed by atoms with Crippen molar-refractivity contribution in [3.8, 4) is 0 Å². The number of amides is 4. The monoisotopic (exact) mass is 385 g/mol. The number of rotatable bonds is 5. The summed E-state index contributed by atoms with van der Waals surface area (Å²) < 4.78 is 5.36. The lowest BCUT2D eigenvalue weighted by Crippen LogP contribution is -2.42. The molecule has 2 aliphatic heterocycles. The Hall–Kier alpha value is -1.77. The van der Waals surface area contributed by atoms with Crippen molar-refractivity contribution in [2.45, 2.75) is 45.6 Å². The molecule has 2 saturated heterocycles. The van der Waals surface area contributed by atoms with Gasteiger partial charge < -0.3 is 15.0 Å². The van der Waals surface area contributed by atoms with Gasteiger partial charge >= 0.3 is 6.09 Å². The molecule has 0 bridgehead atoms. The second kappa shape index (κ2) is 8.75. The average molecular weight is 385 g/mol. The summed E-state index contributed by atoms with van der Waals surface area (Å²) in [4.78, 5) is 49.9. The van der Waals surface area contributed by atoms with Crippen LogP contribution >= 0.6 is 11.8 Å². The van der Waals surface area contributed by atoms with Crippen LogP contribution in [0.4, 0.5) is 9.59 Å². The van der Waals surface area contributed by atoms with Gasteiger partial charge in [0, 0.05) is 32.6 Å². The molecule has 0 aromatic rings. The van der Waals surface area contributed by atoms with Crippen molar-refractivity contribution in [2.24, 2.45) is 5.92 Å². The van der Waals surface area contributed by atoms with Gasteiger partial charge in [0.2, 0.25) is 11.8 Å². The number of nitrogens with one attached hydrogen (secondary N) is 1. The predicted molar refractivity (Wildman–Crippen MR) is 97.7 cm³/mol. The van der Waals surface area contributed by atoms with Crippen molar-refractivity contribution in [3.63, 3.8) is 0 Å². The third kappa shape index (κ3) is 6.19. The fourth-order valence-corrected chi connectivity index (χ4v) is 3.64. The van der Waals surface area contributed by atoms with E-state index >= 15 is 0 Å². The first-order valence-corrected chi connectivity index (χ1v) is 9.86. The Bertz CT molecular complexity index is 551. The van der Waals surface area contributed by atoms with Gasteiger partial charge in [0.1, 0.15) is 5.60 Å². The number of hydrogen-bond donors (Lipinski definition) is 1. The van der Waals surface area contributed by atoms with E-state index in [4.69, 9.17) is 4.74 Å². The quantitative estimate of drug-likeness (QED) is 0.776. The highest BCUT2D eigenvalue weighted by atomic mass is 32.2. The van der Waals surface area contributed by atoms with Gasteiger partial charge in [0.05, 0.1) is 5.75 Å². The number of likely N-dealkylation sites (tertiary alicyclic amines) is 1. The van der Waals surface area contributed by atoms with Gasteiger partial charge in [-0.25, -0.2) is 4.79 Å². The van der Waals surface area contributed by atoms with Crippen molar-refractivity contribution in [1.29, 1.82) is 0 Å². The molecule has 2 heterocycles. The van der Waals surface area contributed by atoms with Gasteiger partial charge in [0.25, 0.3) is 5.24 Å². The summed E-state index contributed by atoms with van der Waals surface area (Å²) in [5.41, 5.74) is -0.509. The van der Waals surface area contributed by atoms with Crippen LogP contribution in [0, 0.1) is 5.92 Å². The molecule has 2 fully saturated rings. The Morgan fingerprint density at radius 3 is 2.42 bits per heavy atom. The molecule has 4 amide bonds. The maximum atomic E-state index is 12.0.